The Hall–Kier alpha value is -2.38. The highest BCUT2D eigenvalue weighted by atomic mass is 32.2. The van der Waals surface area contributed by atoms with Gasteiger partial charge in [-0.15, -0.1) is 0 Å². The van der Waals surface area contributed by atoms with Gasteiger partial charge in [-0.25, -0.2) is 13.2 Å². The lowest BCUT2D eigenvalue weighted by atomic mass is 10.2. The minimum atomic E-state index is -3.88. The molecule has 0 fully saturated rings. The van der Waals surface area contributed by atoms with Crippen LogP contribution in [-0.4, -0.2) is 51.6 Å². The zero-order valence-corrected chi connectivity index (χ0v) is 16.4. The van der Waals surface area contributed by atoms with Crippen molar-refractivity contribution >= 4 is 15.8 Å². The van der Waals surface area contributed by atoms with Gasteiger partial charge in [0.2, 0.25) is 9.84 Å². The van der Waals surface area contributed by atoms with Crippen molar-refractivity contribution in [3.05, 3.63) is 54.1 Å². The first-order valence-corrected chi connectivity index (χ1v) is 10.3. The maximum absolute atomic E-state index is 13.0. The zero-order chi connectivity index (χ0) is 19.9. The fourth-order valence-corrected chi connectivity index (χ4v) is 4.03. The van der Waals surface area contributed by atoms with Gasteiger partial charge in [-0.2, -0.15) is 0 Å². The molecule has 0 bridgehead atoms. The van der Waals surface area contributed by atoms with E-state index in [0.717, 1.165) is 31.9 Å². The van der Waals surface area contributed by atoms with Crippen LogP contribution in [0.4, 0.5) is 0 Å². The highest BCUT2D eigenvalue weighted by Gasteiger charge is 2.24. The number of benzene rings is 2. The van der Waals surface area contributed by atoms with E-state index in [9.17, 15) is 18.3 Å². The number of aromatic carboxylic acids is 1. The molecule has 0 spiro atoms. The first-order chi connectivity index (χ1) is 12.8. The van der Waals surface area contributed by atoms with Gasteiger partial charge in [-0.1, -0.05) is 18.2 Å². The van der Waals surface area contributed by atoms with E-state index in [0.29, 0.717) is 6.61 Å². The summed E-state index contributed by atoms with van der Waals surface area (Å²) in [5.41, 5.74) is -0.0946. The molecule has 6 nitrogen and oxygen atoms in total. The third-order valence-corrected chi connectivity index (χ3v) is 5.83. The van der Waals surface area contributed by atoms with Crippen molar-refractivity contribution in [1.82, 2.24) is 4.90 Å². The van der Waals surface area contributed by atoms with Gasteiger partial charge >= 0.3 is 5.97 Å². The number of nitrogens with zero attached hydrogens (tertiary/aromatic N) is 1. The van der Waals surface area contributed by atoms with Crippen LogP contribution in [0.15, 0.2) is 58.3 Å². The Balaban J connectivity index is 2.21. The van der Waals surface area contributed by atoms with Crippen LogP contribution in [0, 0.1) is 0 Å². The molecule has 0 saturated carbocycles. The lowest BCUT2D eigenvalue weighted by molar-refractivity contribution is 0.0696. The number of carboxylic acid groups (broad SMARTS) is 1. The average Bonchev–Trinajstić information content (AvgIpc) is 2.65. The maximum atomic E-state index is 13.0. The molecule has 2 aromatic rings. The monoisotopic (exact) mass is 391 g/mol. The standard InChI is InChI=1S/C20H25NO5S/c1-21(2)13-7-4-8-14-26-18-12-11-16(20(22)23)15-19(18)27(24,25)17-9-5-3-6-10-17/h3,5-6,9-12,15H,4,7-8,13-14H2,1-2H3,(H,22,23). The van der Waals surface area contributed by atoms with Crippen LogP contribution in [0.1, 0.15) is 29.6 Å². The van der Waals surface area contributed by atoms with Crippen molar-refractivity contribution in [1.29, 1.82) is 0 Å². The average molecular weight is 391 g/mol. The lowest BCUT2D eigenvalue weighted by Gasteiger charge is -2.13. The molecule has 0 radical (unpaired) electrons. The van der Waals surface area contributed by atoms with Crippen molar-refractivity contribution in [3.63, 3.8) is 0 Å². The Morgan fingerprint density at radius 1 is 1.04 bits per heavy atom. The van der Waals surface area contributed by atoms with Gasteiger partial charge in [0.15, 0.2) is 0 Å². The second-order valence-electron chi connectivity index (χ2n) is 6.50. The third kappa shape index (κ3) is 5.80. The molecule has 146 valence electrons. The number of carbonyl (C=O) groups is 1. The van der Waals surface area contributed by atoms with Gasteiger partial charge < -0.3 is 14.7 Å². The minimum Gasteiger partial charge on any atom is -0.492 e. The van der Waals surface area contributed by atoms with Crippen molar-refractivity contribution in [2.24, 2.45) is 0 Å². The molecular formula is C20H25NO5S. The minimum absolute atomic E-state index is 0.0946. The van der Waals surface area contributed by atoms with Crippen molar-refractivity contribution < 1.29 is 23.1 Å². The molecule has 0 heterocycles. The van der Waals surface area contributed by atoms with Crippen LogP contribution >= 0.6 is 0 Å². The number of carboxylic acids is 1. The number of hydrogen-bond donors (Lipinski definition) is 1. The van der Waals surface area contributed by atoms with Crippen LogP contribution in [0.2, 0.25) is 0 Å². The smallest absolute Gasteiger partial charge is 0.335 e. The first-order valence-electron chi connectivity index (χ1n) is 8.77. The summed E-state index contributed by atoms with van der Waals surface area (Å²) in [6, 6.07) is 11.9. The quantitative estimate of drug-likeness (QED) is 0.626. The number of sulfone groups is 1. The van der Waals surface area contributed by atoms with E-state index in [4.69, 9.17) is 4.74 Å². The van der Waals surface area contributed by atoms with Crippen LogP contribution in [0.5, 0.6) is 5.75 Å². The number of ether oxygens (including phenoxy) is 1. The highest BCUT2D eigenvalue weighted by Crippen LogP contribution is 2.30. The van der Waals surface area contributed by atoms with Crippen molar-refractivity contribution in [3.8, 4) is 5.75 Å². The molecule has 0 aliphatic heterocycles. The third-order valence-electron chi connectivity index (χ3n) is 4.04. The summed E-state index contributed by atoms with van der Waals surface area (Å²) in [6.45, 7) is 1.36. The maximum Gasteiger partial charge on any atom is 0.335 e. The molecule has 27 heavy (non-hydrogen) atoms. The van der Waals surface area contributed by atoms with Gasteiger partial charge in [0.1, 0.15) is 10.6 Å². The summed E-state index contributed by atoms with van der Waals surface area (Å²) in [7, 11) is 0.151. The van der Waals surface area contributed by atoms with E-state index in [-0.39, 0.29) is 21.1 Å². The molecular weight excluding hydrogens is 366 g/mol. The van der Waals surface area contributed by atoms with E-state index < -0.39 is 15.8 Å². The second kappa shape index (κ2) is 9.53. The molecule has 0 atom stereocenters. The Bertz CT molecular complexity index is 863. The fraction of sp³-hybridized carbons (Fsp3) is 0.350. The molecule has 2 aromatic carbocycles. The van der Waals surface area contributed by atoms with Crippen LogP contribution < -0.4 is 4.74 Å². The summed E-state index contributed by atoms with van der Waals surface area (Å²) in [6.07, 6.45) is 2.79. The van der Waals surface area contributed by atoms with Gasteiger partial charge in [0, 0.05) is 0 Å². The lowest BCUT2D eigenvalue weighted by Crippen LogP contribution is -2.13. The molecule has 7 heteroatoms. The summed E-state index contributed by atoms with van der Waals surface area (Å²) in [5, 5.41) is 9.21. The molecule has 0 aliphatic rings. The molecule has 2 rings (SSSR count). The highest BCUT2D eigenvalue weighted by molar-refractivity contribution is 7.91. The normalized spacial score (nSPS) is 11.5. The number of unbranched alkanes of at least 4 members (excludes halogenated alkanes) is 2. The zero-order valence-electron chi connectivity index (χ0n) is 15.6. The molecule has 0 aromatic heterocycles. The van der Waals surface area contributed by atoms with Crippen LogP contribution in [0.3, 0.4) is 0 Å². The Kier molecular flexibility index (Phi) is 7.38. The van der Waals surface area contributed by atoms with Crippen molar-refractivity contribution in [2.75, 3.05) is 27.2 Å². The predicted octanol–water partition coefficient (Wildman–Crippen LogP) is 3.33. The number of hydrogen-bond acceptors (Lipinski definition) is 5. The Morgan fingerprint density at radius 3 is 2.37 bits per heavy atom. The first kappa shape index (κ1) is 20.9. The van der Waals surface area contributed by atoms with E-state index in [1.165, 1.54) is 24.3 Å². The van der Waals surface area contributed by atoms with Crippen LogP contribution in [0.25, 0.3) is 0 Å². The van der Waals surface area contributed by atoms with Gasteiger partial charge in [0.05, 0.1) is 17.1 Å². The summed E-state index contributed by atoms with van der Waals surface area (Å²) < 4.78 is 31.6. The van der Waals surface area contributed by atoms with Gasteiger partial charge in [-0.3, -0.25) is 0 Å². The summed E-state index contributed by atoms with van der Waals surface area (Å²) in [4.78, 5) is 13.4. The SMILES string of the molecule is CN(C)CCCCCOc1ccc(C(=O)O)cc1S(=O)(=O)c1ccccc1. The van der Waals surface area contributed by atoms with Crippen molar-refractivity contribution in [2.45, 2.75) is 29.1 Å². The van der Waals surface area contributed by atoms with E-state index in [1.807, 2.05) is 14.1 Å². The Morgan fingerprint density at radius 2 is 1.74 bits per heavy atom. The van der Waals surface area contributed by atoms with E-state index >= 15 is 0 Å². The molecule has 0 amide bonds. The molecule has 0 saturated heterocycles. The molecule has 0 unspecified atom stereocenters. The van der Waals surface area contributed by atoms with Gasteiger partial charge in [-0.05, 0) is 70.2 Å². The van der Waals surface area contributed by atoms with Crippen LogP contribution in [-0.2, 0) is 9.84 Å². The van der Waals surface area contributed by atoms with Gasteiger partial charge in [0.25, 0.3) is 0 Å². The van der Waals surface area contributed by atoms with E-state index in [2.05, 4.69) is 4.90 Å². The largest absolute Gasteiger partial charge is 0.492 e. The van der Waals surface area contributed by atoms with E-state index in [1.54, 1.807) is 18.2 Å². The predicted molar refractivity (Wildman–Crippen MR) is 103 cm³/mol. The molecule has 0 aliphatic carbocycles. The summed E-state index contributed by atoms with van der Waals surface area (Å²) in [5.74, 6) is -1.01. The second-order valence-corrected chi connectivity index (χ2v) is 8.41. The Labute approximate surface area is 160 Å². The summed E-state index contributed by atoms with van der Waals surface area (Å²) >= 11 is 0. The topological polar surface area (TPSA) is 83.9 Å². The molecule has 1 N–H and O–H groups in total. The number of rotatable bonds is 10. The fourth-order valence-electron chi connectivity index (χ4n) is 2.59.